The van der Waals surface area contributed by atoms with E-state index in [2.05, 4.69) is 15.6 Å². The lowest BCUT2D eigenvalue weighted by atomic mass is 10.2. The van der Waals surface area contributed by atoms with E-state index < -0.39 is 0 Å². The fourth-order valence-corrected chi connectivity index (χ4v) is 1.02. The predicted molar refractivity (Wildman–Crippen MR) is 45.1 cm³/mol. The molecule has 3 nitrogen and oxygen atoms in total. The van der Waals surface area contributed by atoms with Crippen LogP contribution < -0.4 is 10.6 Å². The molecule has 0 unspecified atom stereocenters. The molecule has 0 bridgehead atoms. The number of aromatic nitrogens is 1. The van der Waals surface area contributed by atoms with Gasteiger partial charge in [-0.05, 0) is 20.2 Å². The van der Waals surface area contributed by atoms with Gasteiger partial charge in [0.05, 0.1) is 6.17 Å². The summed E-state index contributed by atoms with van der Waals surface area (Å²) in [5.41, 5.74) is 1.15. The van der Waals surface area contributed by atoms with Crippen molar-refractivity contribution in [1.29, 1.82) is 0 Å². The summed E-state index contributed by atoms with van der Waals surface area (Å²) in [5.74, 6) is 0. The third kappa shape index (κ3) is 2.00. The second-order valence-electron chi connectivity index (χ2n) is 2.30. The third-order valence-electron chi connectivity index (χ3n) is 1.60. The largest absolute Gasteiger partial charge is 0.301 e. The van der Waals surface area contributed by atoms with E-state index in [1.54, 1.807) is 6.20 Å². The van der Waals surface area contributed by atoms with Gasteiger partial charge in [-0.2, -0.15) is 0 Å². The zero-order valence-corrected chi connectivity index (χ0v) is 6.83. The van der Waals surface area contributed by atoms with E-state index in [0.29, 0.717) is 0 Å². The molecule has 0 aliphatic rings. The fourth-order valence-electron chi connectivity index (χ4n) is 1.02. The van der Waals surface area contributed by atoms with Crippen molar-refractivity contribution in [1.82, 2.24) is 15.6 Å². The molecule has 11 heavy (non-hydrogen) atoms. The summed E-state index contributed by atoms with van der Waals surface area (Å²) in [6.07, 6.45) is 3.81. The predicted octanol–water partition coefficient (Wildman–Crippen LogP) is 0.519. The van der Waals surface area contributed by atoms with Crippen LogP contribution in [0.1, 0.15) is 11.7 Å². The number of nitrogens with one attached hydrogen (secondary N) is 2. The van der Waals surface area contributed by atoms with Crippen molar-refractivity contribution in [3.8, 4) is 0 Å². The molecular formula is C8H13N3. The summed E-state index contributed by atoms with van der Waals surface area (Å²) < 4.78 is 0. The number of hydrogen-bond acceptors (Lipinski definition) is 3. The Morgan fingerprint density at radius 2 is 2.09 bits per heavy atom. The van der Waals surface area contributed by atoms with Crippen molar-refractivity contribution in [2.75, 3.05) is 14.1 Å². The van der Waals surface area contributed by atoms with Gasteiger partial charge >= 0.3 is 0 Å². The Balaban J connectivity index is 2.74. The van der Waals surface area contributed by atoms with Crippen LogP contribution in [0.2, 0.25) is 0 Å². The van der Waals surface area contributed by atoms with Crippen LogP contribution >= 0.6 is 0 Å². The van der Waals surface area contributed by atoms with Gasteiger partial charge in [-0.1, -0.05) is 6.07 Å². The van der Waals surface area contributed by atoms with Gasteiger partial charge in [0, 0.05) is 18.0 Å². The van der Waals surface area contributed by atoms with Crippen molar-refractivity contribution in [2.45, 2.75) is 6.17 Å². The summed E-state index contributed by atoms with van der Waals surface area (Å²) in [4.78, 5) is 4.02. The average molecular weight is 151 g/mol. The van der Waals surface area contributed by atoms with E-state index >= 15 is 0 Å². The molecule has 1 rings (SSSR count). The molecular weight excluding hydrogens is 138 g/mol. The summed E-state index contributed by atoms with van der Waals surface area (Å²) >= 11 is 0. The summed E-state index contributed by atoms with van der Waals surface area (Å²) in [5, 5.41) is 6.23. The Kier molecular flexibility index (Phi) is 3.01. The molecule has 0 amide bonds. The van der Waals surface area contributed by atoms with Crippen LogP contribution in [0.3, 0.4) is 0 Å². The van der Waals surface area contributed by atoms with Crippen molar-refractivity contribution >= 4 is 0 Å². The highest BCUT2D eigenvalue weighted by atomic mass is 15.1. The maximum absolute atomic E-state index is 4.02. The quantitative estimate of drug-likeness (QED) is 0.618. The minimum Gasteiger partial charge on any atom is -0.301 e. The van der Waals surface area contributed by atoms with Crippen LogP contribution in [0.4, 0.5) is 0 Å². The van der Waals surface area contributed by atoms with Gasteiger partial charge in [-0.15, -0.1) is 0 Å². The zero-order chi connectivity index (χ0) is 8.10. The van der Waals surface area contributed by atoms with Crippen LogP contribution in [0.15, 0.2) is 24.5 Å². The van der Waals surface area contributed by atoms with E-state index in [-0.39, 0.29) is 6.17 Å². The first-order valence-corrected chi connectivity index (χ1v) is 3.63. The molecule has 3 heteroatoms. The van der Waals surface area contributed by atoms with Crippen molar-refractivity contribution in [3.05, 3.63) is 30.1 Å². The smallest absolute Gasteiger partial charge is 0.0845 e. The summed E-state index contributed by atoms with van der Waals surface area (Å²) in [6, 6.07) is 3.96. The molecule has 1 heterocycles. The zero-order valence-electron chi connectivity index (χ0n) is 6.83. The molecule has 0 saturated carbocycles. The van der Waals surface area contributed by atoms with Gasteiger partial charge in [-0.3, -0.25) is 4.98 Å². The van der Waals surface area contributed by atoms with Gasteiger partial charge in [0.2, 0.25) is 0 Å². The van der Waals surface area contributed by atoms with E-state index in [1.165, 1.54) is 0 Å². The van der Waals surface area contributed by atoms with E-state index in [4.69, 9.17) is 0 Å². The minimum atomic E-state index is 0.198. The number of rotatable bonds is 3. The Bertz CT molecular complexity index is 194. The Hall–Kier alpha value is -0.930. The second kappa shape index (κ2) is 4.05. The Morgan fingerprint density at radius 3 is 2.55 bits per heavy atom. The van der Waals surface area contributed by atoms with Crippen LogP contribution in [-0.4, -0.2) is 19.1 Å². The van der Waals surface area contributed by atoms with Crippen LogP contribution in [0.5, 0.6) is 0 Å². The molecule has 1 aromatic rings. The number of nitrogens with zero attached hydrogens (tertiary/aromatic N) is 1. The molecule has 0 saturated heterocycles. The first kappa shape index (κ1) is 8.17. The van der Waals surface area contributed by atoms with Gasteiger partial charge in [0.15, 0.2) is 0 Å². The molecule has 60 valence electrons. The first-order valence-electron chi connectivity index (χ1n) is 3.63. The van der Waals surface area contributed by atoms with E-state index in [0.717, 1.165) is 5.56 Å². The van der Waals surface area contributed by atoms with Gasteiger partial charge in [-0.25, -0.2) is 0 Å². The van der Waals surface area contributed by atoms with Crippen molar-refractivity contribution in [3.63, 3.8) is 0 Å². The van der Waals surface area contributed by atoms with Gasteiger partial charge in [0.1, 0.15) is 0 Å². The van der Waals surface area contributed by atoms with Crippen LogP contribution in [0.25, 0.3) is 0 Å². The topological polar surface area (TPSA) is 37.0 Å². The molecule has 0 fully saturated rings. The maximum atomic E-state index is 4.02. The first-order chi connectivity index (χ1) is 5.38. The van der Waals surface area contributed by atoms with E-state index in [1.807, 2.05) is 32.4 Å². The standard InChI is InChI=1S/C8H13N3/c1-9-8(10-2)7-4-3-5-11-6-7/h3-6,8-10H,1-2H3. The van der Waals surface area contributed by atoms with Gasteiger partial charge in [0.25, 0.3) is 0 Å². The van der Waals surface area contributed by atoms with Crippen molar-refractivity contribution in [2.24, 2.45) is 0 Å². The molecule has 0 aliphatic heterocycles. The molecule has 0 radical (unpaired) electrons. The van der Waals surface area contributed by atoms with E-state index in [9.17, 15) is 0 Å². The lowest BCUT2D eigenvalue weighted by molar-refractivity contribution is 0.518. The number of pyridine rings is 1. The fraction of sp³-hybridized carbons (Fsp3) is 0.375. The summed E-state index contributed by atoms with van der Waals surface area (Å²) in [7, 11) is 3.82. The molecule has 1 aromatic heterocycles. The normalized spacial score (nSPS) is 10.5. The van der Waals surface area contributed by atoms with Gasteiger partial charge < -0.3 is 10.6 Å². The van der Waals surface area contributed by atoms with Crippen LogP contribution in [-0.2, 0) is 0 Å². The minimum absolute atomic E-state index is 0.198. The SMILES string of the molecule is CNC(NC)c1cccnc1. The monoisotopic (exact) mass is 151 g/mol. The lowest BCUT2D eigenvalue weighted by Crippen LogP contribution is -2.28. The molecule has 0 spiro atoms. The third-order valence-corrected chi connectivity index (χ3v) is 1.60. The molecule has 0 aromatic carbocycles. The maximum Gasteiger partial charge on any atom is 0.0845 e. The average Bonchev–Trinajstić information content (AvgIpc) is 2.09. The lowest BCUT2D eigenvalue weighted by Gasteiger charge is -2.14. The second-order valence-corrected chi connectivity index (χ2v) is 2.30. The molecule has 2 N–H and O–H groups in total. The highest BCUT2D eigenvalue weighted by Gasteiger charge is 2.03. The highest BCUT2D eigenvalue weighted by molar-refractivity contribution is 5.12. The number of hydrogen-bond donors (Lipinski definition) is 2. The van der Waals surface area contributed by atoms with Crippen molar-refractivity contribution < 1.29 is 0 Å². The molecule has 0 atom stereocenters. The van der Waals surface area contributed by atoms with Crippen LogP contribution in [0, 0.1) is 0 Å². The Labute approximate surface area is 66.8 Å². The summed E-state index contributed by atoms with van der Waals surface area (Å²) in [6.45, 7) is 0. The highest BCUT2D eigenvalue weighted by Crippen LogP contribution is 2.04. The Morgan fingerprint density at radius 1 is 1.36 bits per heavy atom. The molecule has 0 aliphatic carbocycles.